The van der Waals surface area contributed by atoms with E-state index in [-0.39, 0.29) is 5.69 Å². The van der Waals surface area contributed by atoms with Crippen LogP contribution in [0.4, 0.5) is 5.82 Å². The van der Waals surface area contributed by atoms with Gasteiger partial charge in [0, 0.05) is 13.1 Å². The lowest BCUT2D eigenvalue weighted by atomic mass is 10.1. The molecule has 0 unspecified atom stereocenters. The van der Waals surface area contributed by atoms with E-state index in [2.05, 4.69) is 20.2 Å². The number of rotatable bonds is 9. The summed E-state index contributed by atoms with van der Waals surface area (Å²) >= 11 is 0. The SMILES string of the molecule is CN(C)CCOc1ccc(CCNc2cnc(C(=O)O)cn2)cc1. The van der Waals surface area contributed by atoms with Gasteiger partial charge in [0.1, 0.15) is 18.2 Å². The van der Waals surface area contributed by atoms with Gasteiger partial charge in [-0.3, -0.25) is 0 Å². The van der Waals surface area contributed by atoms with Crippen molar-refractivity contribution >= 4 is 11.8 Å². The number of nitrogens with zero attached hydrogens (tertiary/aromatic N) is 3. The third-order valence-electron chi connectivity index (χ3n) is 3.32. The van der Waals surface area contributed by atoms with Crippen molar-refractivity contribution in [2.24, 2.45) is 0 Å². The molecule has 0 spiro atoms. The first kappa shape index (κ1) is 17.7. The van der Waals surface area contributed by atoms with Gasteiger partial charge in [0.05, 0.1) is 12.4 Å². The van der Waals surface area contributed by atoms with Gasteiger partial charge in [0.2, 0.25) is 0 Å². The van der Waals surface area contributed by atoms with Crippen molar-refractivity contribution < 1.29 is 14.6 Å². The minimum Gasteiger partial charge on any atom is -0.492 e. The molecule has 1 heterocycles. The van der Waals surface area contributed by atoms with Crippen molar-refractivity contribution in [1.29, 1.82) is 0 Å². The Morgan fingerprint density at radius 1 is 1.21 bits per heavy atom. The maximum absolute atomic E-state index is 10.7. The monoisotopic (exact) mass is 330 g/mol. The molecule has 0 atom stereocenters. The molecule has 2 rings (SSSR count). The van der Waals surface area contributed by atoms with Crippen molar-refractivity contribution in [2.45, 2.75) is 6.42 Å². The number of hydrogen-bond donors (Lipinski definition) is 2. The normalized spacial score (nSPS) is 10.6. The van der Waals surface area contributed by atoms with E-state index in [0.717, 1.165) is 18.7 Å². The zero-order valence-corrected chi connectivity index (χ0v) is 13.9. The van der Waals surface area contributed by atoms with Crippen molar-refractivity contribution in [2.75, 3.05) is 39.1 Å². The van der Waals surface area contributed by atoms with Crippen LogP contribution in [0, 0.1) is 0 Å². The molecular weight excluding hydrogens is 308 g/mol. The number of benzene rings is 1. The van der Waals surface area contributed by atoms with Crippen molar-refractivity contribution in [3.63, 3.8) is 0 Å². The number of ether oxygens (including phenoxy) is 1. The molecule has 128 valence electrons. The first-order chi connectivity index (χ1) is 11.5. The number of likely N-dealkylation sites (N-methyl/N-ethyl adjacent to an activating group) is 1. The first-order valence-electron chi connectivity index (χ1n) is 7.70. The van der Waals surface area contributed by atoms with Gasteiger partial charge in [-0.15, -0.1) is 0 Å². The number of nitrogens with one attached hydrogen (secondary N) is 1. The van der Waals surface area contributed by atoms with Crippen LogP contribution in [0.15, 0.2) is 36.7 Å². The van der Waals surface area contributed by atoms with Crippen LogP contribution in [-0.2, 0) is 6.42 Å². The van der Waals surface area contributed by atoms with Gasteiger partial charge >= 0.3 is 5.97 Å². The van der Waals surface area contributed by atoms with E-state index in [4.69, 9.17) is 9.84 Å². The Labute approximate surface area is 141 Å². The molecule has 0 aliphatic rings. The fraction of sp³-hybridized carbons (Fsp3) is 0.353. The van der Waals surface area contributed by atoms with E-state index in [9.17, 15) is 4.79 Å². The van der Waals surface area contributed by atoms with Crippen LogP contribution in [-0.4, -0.2) is 59.7 Å². The molecule has 2 aromatic rings. The second-order valence-electron chi connectivity index (χ2n) is 5.56. The Bertz CT molecular complexity index is 642. The molecule has 0 aliphatic carbocycles. The second-order valence-corrected chi connectivity index (χ2v) is 5.56. The first-order valence-corrected chi connectivity index (χ1v) is 7.70. The third-order valence-corrected chi connectivity index (χ3v) is 3.32. The van der Waals surface area contributed by atoms with E-state index in [1.54, 1.807) is 0 Å². The van der Waals surface area contributed by atoms with Crippen molar-refractivity contribution in [3.8, 4) is 5.75 Å². The van der Waals surface area contributed by atoms with E-state index in [0.29, 0.717) is 19.0 Å². The molecule has 7 heteroatoms. The maximum Gasteiger partial charge on any atom is 0.356 e. The summed E-state index contributed by atoms with van der Waals surface area (Å²) in [5, 5.41) is 11.9. The fourth-order valence-corrected chi connectivity index (χ4v) is 1.96. The van der Waals surface area contributed by atoms with Gasteiger partial charge < -0.3 is 20.1 Å². The average Bonchev–Trinajstić information content (AvgIpc) is 2.56. The highest BCUT2D eigenvalue weighted by atomic mass is 16.5. The molecular formula is C17H22N4O3. The predicted octanol–water partition coefficient (Wildman–Crippen LogP) is 1.77. The summed E-state index contributed by atoms with van der Waals surface area (Å²) in [5.41, 5.74) is 1.11. The Kier molecular flexibility index (Phi) is 6.51. The van der Waals surface area contributed by atoms with Crippen LogP contribution in [0.25, 0.3) is 0 Å². The number of carboxylic acid groups (broad SMARTS) is 1. The standard InChI is InChI=1S/C17H22N4O3/c1-21(2)9-10-24-14-5-3-13(4-6-14)7-8-18-16-12-19-15(11-20-16)17(22)23/h3-6,11-12H,7-10H2,1-2H3,(H,18,20)(H,22,23). The molecule has 24 heavy (non-hydrogen) atoms. The molecule has 0 saturated carbocycles. The number of hydrogen-bond acceptors (Lipinski definition) is 6. The smallest absolute Gasteiger partial charge is 0.356 e. The summed E-state index contributed by atoms with van der Waals surface area (Å²) < 4.78 is 5.65. The molecule has 0 radical (unpaired) electrons. The minimum atomic E-state index is -1.08. The van der Waals surface area contributed by atoms with Gasteiger partial charge in [-0.05, 0) is 38.2 Å². The van der Waals surface area contributed by atoms with E-state index >= 15 is 0 Å². The van der Waals surface area contributed by atoms with Crippen LogP contribution >= 0.6 is 0 Å². The highest BCUT2D eigenvalue weighted by molar-refractivity contribution is 5.84. The minimum absolute atomic E-state index is 0.0644. The lowest BCUT2D eigenvalue weighted by Gasteiger charge is -2.11. The van der Waals surface area contributed by atoms with Crippen LogP contribution in [0.1, 0.15) is 16.1 Å². The molecule has 0 amide bonds. The number of carboxylic acids is 1. The van der Waals surface area contributed by atoms with Gasteiger partial charge in [-0.1, -0.05) is 12.1 Å². The topological polar surface area (TPSA) is 87.6 Å². The predicted molar refractivity (Wildman–Crippen MR) is 91.7 cm³/mol. The van der Waals surface area contributed by atoms with Crippen LogP contribution in [0.2, 0.25) is 0 Å². The fourth-order valence-electron chi connectivity index (χ4n) is 1.96. The lowest BCUT2D eigenvalue weighted by molar-refractivity contribution is 0.0690. The summed E-state index contributed by atoms with van der Waals surface area (Å²) in [6, 6.07) is 8.00. The van der Waals surface area contributed by atoms with E-state index in [1.165, 1.54) is 18.0 Å². The van der Waals surface area contributed by atoms with Gasteiger partial charge in [0.25, 0.3) is 0 Å². The largest absolute Gasteiger partial charge is 0.492 e. The number of carbonyl (C=O) groups is 1. The summed E-state index contributed by atoms with van der Waals surface area (Å²) in [7, 11) is 4.03. The van der Waals surface area contributed by atoms with Gasteiger partial charge in [0.15, 0.2) is 5.69 Å². The highest BCUT2D eigenvalue weighted by Gasteiger charge is 2.04. The number of anilines is 1. The van der Waals surface area contributed by atoms with Crippen LogP contribution in [0.5, 0.6) is 5.75 Å². The van der Waals surface area contributed by atoms with Crippen LogP contribution in [0.3, 0.4) is 0 Å². The molecule has 0 saturated heterocycles. The number of aromatic nitrogens is 2. The van der Waals surface area contributed by atoms with Crippen molar-refractivity contribution in [3.05, 3.63) is 47.9 Å². The molecule has 7 nitrogen and oxygen atoms in total. The quantitative estimate of drug-likeness (QED) is 0.724. The van der Waals surface area contributed by atoms with E-state index in [1.807, 2.05) is 38.4 Å². The second kappa shape index (κ2) is 8.83. The summed E-state index contributed by atoms with van der Waals surface area (Å²) in [6.45, 7) is 2.23. The Balaban J connectivity index is 1.75. The Morgan fingerprint density at radius 2 is 1.96 bits per heavy atom. The molecule has 1 aromatic heterocycles. The van der Waals surface area contributed by atoms with Crippen molar-refractivity contribution in [1.82, 2.24) is 14.9 Å². The maximum atomic E-state index is 10.7. The van der Waals surface area contributed by atoms with Gasteiger partial charge in [-0.2, -0.15) is 0 Å². The summed E-state index contributed by atoms with van der Waals surface area (Å²) in [5.74, 6) is 0.342. The molecule has 2 N–H and O–H groups in total. The zero-order chi connectivity index (χ0) is 17.4. The van der Waals surface area contributed by atoms with E-state index < -0.39 is 5.97 Å². The van der Waals surface area contributed by atoms with Crippen LogP contribution < -0.4 is 10.1 Å². The summed E-state index contributed by atoms with van der Waals surface area (Å²) in [6.07, 6.45) is 3.48. The Hall–Kier alpha value is -2.67. The number of aromatic carboxylic acids is 1. The third kappa shape index (κ3) is 5.85. The summed E-state index contributed by atoms with van der Waals surface area (Å²) in [4.78, 5) is 20.6. The Morgan fingerprint density at radius 3 is 2.54 bits per heavy atom. The lowest BCUT2D eigenvalue weighted by Crippen LogP contribution is -2.19. The average molecular weight is 330 g/mol. The zero-order valence-electron chi connectivity index (χ0n) is 13.9. The van der Waals surface area contributed by atoms with Gasteiger partial charge in [-0.25, -0.2) is 14.8 Å². The molecule has 0 fully saturated rings. The molecule has 1 aromatic carbocycles. The molecule has 0 aliphatic heterocycles. The highest BCUT2D eigenvalue weighted by Crippen LogP contribution is 2.12. The molecule has 0 bridgehead atoms.